The Hall–Kier alpha value is -2.09. The number of carbonyl (C=O) groups is 1. The Morgan fingerprint density at radius 1 is 1.21 bits per heavy atom. The van der Waals surface area contributed by atoms with Gasteiger partial charge in [0.2, 0.25) is 0 Å². The van der Waals surface area contributed by atoms with E-state index in [2.05, 4.69) is 13.5 Å². The summed E-state index contributed by atoms with van der Waals surface area (Å²) >= 11 is 0. The van der Waals surface area contributed by atoms with Crippen molar-refractivity contribution in [2.45, 2.75) is 68.9 Å². The fourth-order valence-corrected chi connectivity index (χ4v) is 7.50. The molecule has 6 heteroatoms. The van der Waals surface area contributed by atoms with Crippen LogP contribution in [0.1, 0.15) is 39.2 Å². The Morgan fingerprint density at radius 3 is 2.62 bits per heavy atom. The predicted molar refractivity (Wildman–Crippen MR) is 124 cm³/mol. The van der Waals surface area contributed by atoms with Crippen molar-refractivity contribution in [3.8, 4) is 0 Å². The molecular weight excluding hydrogens is 432 g/mol. The molecule has 2 heterocycles. The lowest BCUT2D eigenvalue weighted by molar-refractivity contribution is -0.421. The number of Topliss-reactive ketones (excluding diaryl/α,β-unsaturated/α-hetero) is 1. The van der Waals surface area contributed by atoms with E-state index >= 15 is 0 Å². The number of fused-ring (bicyclic) bond motifs is 2. The average Bonchev–Trinajstić information content (AvgIpc) is 3.10. The van der Waals surface area contributed by atoms with Gasteiger partial charge in [0, 0.05) is 18.3 Å². The van der Waals surface area contributed by atoms with E-state index in [9.17, 15) is 15.0 Å². The molecule has 6 nitrogen and oxygen atoms in total. The Balaban J connectivity index is 1.58. The maximum absolute atomic E-state index is 13.3. The molecule has 5 aliphatic rings. The Bertz CT molecular complexity index is 1140. The van der Waals surface area contributed by atoms with E-state index in [-0.39, 0.29) is 30.6 Å². The van der Waals surface area contributed by atoms with Gasteiger partial charge in [0.25, 0.3) is 5.97 Å². The quantitative estimate of drug-likeness (QED) is 0.666. The van der Waals surface area contributed by atoms with E-state index in [1.165, 1.54) is 0 Å². The van der Waals surface area contributed by atoms with Crippen molar-refractivity contribution in [3.63, 3.8) is 0 Å². The van der Waals surface area contributed by atoms with Crippen LogP contribution in [0.4, 0.5) is 0 Å². The van der Waals surface area contributed by atoms with Crippen LogP contribution in [0, 0.1) is 17.8 Å². The minimum Gasteiger partial charge on any atom is -0.392 e. The first-order valence-corrected chi connectivity index (χ1v) is 12.1. The number of hydrogen-bond donors (Lipinski definition) is 2. The molecule has 2 N–H and O–H groups in total. The second-order valence-corrected chi connectivity index (χ2v) is 11.0. The topological polar surface area (TPSA) is 85.2 Å². The summed E-state index contributed by atoms with van der Waals surface area (Å²) in [5, 5.41) is 22.1. The zero-order chi connectivity index (χ0) is 24.1. The van der Waals surface area contributed by atoms with Gasteiger partial charge in [-0.1, -0.05) is 56.0 Å². The van der Waals surface area contributed by atoms with Crippen molar-refractivity contribution >= 4 is 5.78 Å². The first kappa shape index (κ1) is 22.4. The lowest BCUT2D eigenvalue weighted by Crippen LogP contribution is -2.70. The molecule has 0 spiro atoms. The normalized spacial score (nSPS) is 46.4. The molecule has 3 unspecified atom stereocenters. The number of aliphatic hydroxyl groups is 2. The van der Waals surface area contributed by atoms with Gasteiger partial charge in [-0.3, -0.25) is 4.79 Å². The van der Waals surface area contributed by atoms with Crippen LogP contribution in [0.2, 0.25) is 0 Å². The summed E-state index contributed by atoms with van der Waals surface area (Å²) in [7, 11) is 0. The lowest BCUT2D eigenvalue weighted by atomic mass is 9.55. The number of carbonyl (C=O) groups excluding carboxylic acids is 1. The highest BCUT2D eigenvalue weighted by atomic mass is 16.9. The third-order valence-electron chi connectivity index (χ3n) is 8.93. The monoisotopic (exact) mass is 464 g/mol. The number of ketones is 1. The molecule has 3 fully saturated rings. The number of aliphatic hydroxyl groups excluding tert-OH is 1. The molecule has 2 saturated heterocycles. The van der Waals surface area contributed by atoms with E-state index in [4.69, 9.17) is 14.2 Å². The van der Waals surface area contributed by atoms with Gasteiger partial charge in [-0.05, 0) is 48.5 Å². The molecule has 1 saturated carbocycles. The number of benzene rings is 1. The highest BCUT2D eigenvalue weighted by Crippen LogP contribution is 2.68. The summed E-state index contributed by atoms with van der Waals surface area (Å²) in [6, 6.07) is 9.92. The molecule has 3 bridgehead atoms. The van der Waals surface area contributed by atoms with Crippen molar-refractivity contribution < 1.29 is 29.2 Å². The van der Waals surface area contributed by atoms with Gasteiger partial charge < -0.3 is 24.4 Å². The molecule has 6 rings (SSSR count). The number of ether oxygens (including phenoxy) is 3. The van der Waals surface area contributed by atoms with Gasteiger partial charge >= 0.3 is 0 Å². The predicted octanol–water partition coefficient (Wildman–Crippen LogP) is 3.24. The summed E-state index contributed by atoms with van der Waals surface area (Å²) in [6.45, 7) is 9.87. The van der Waals surface area contributed by atoms with Crippen molar-refractivity contribution in [1.29, 1.82) is 0 Å². The number of rotatable bonds is 4. The van der Waals surface area contributed by atoms with Gasteiger partial charge in [-0.15, -0.1) is 0 Å². The molecule has 1 aromatic carbocycles. The van der Waals surface area contributed by atoms with E-state index in [0.717, 1.165) is 11.1 Å². The molecule has 0 radical (unpaired) electrons. The molecule has 0 aromatic heterocycles. The maximum atomic E-state index is 13.3. The van der Waals surface area contributed by atoms with Crippen molar-refractivity contribution in [2.24, 2.45) is 17.8 Å². The van der Waals surface area contributed by atoms with Crippen LogP contribution in [-0.4, -0.2) is 51.5 Å². The van der Waals surface area contributed by atoms with Crippen LogP contribution < -0.4 is 0 Å². The summed E-state index contributed by atoms with van der Waals surface area (Å²) < 4.78 is 20.5. The third kappa shape index (κ3) is 2.61. The maximum Gasteiger partial charge on any atom is 0.289 e. The van der Waals surface area contributed by atoms with Crippen LogP contribution in [0.5, 0.6) is 0 Å². The summed E-state index contributed by atoms with van der Waals surface area (Å²) in [5.41, 5.74) is -0.348. The average molecular weight is 465 g/mol. The summed E-state index contributed by atoms with van der Waals surface area (Å²) in [5.74, 6) is -2.64. The molecule has 8 atom stereocenters. The molecule has 180 valence electrons. The smallest absolute Gasteiger partial charge is 0.289 e. The first-order chi connectivity index (χ1) is 16.1. The fraction of sp³-hybridized carbons (Fsp3) is 0.536. The molecule has 0 amide bonds. The zero-order valence-electron chi connectivity index (χ0n) is 19.9. The second kappa shape index (κ2) is 6.99. The van der Waals surface area contributed by atoms with Crippen molar-refractivity contribution in [3.05, 3.63) is 71.3 Å². The van der Waals surface area contributed by atoms with E-state index in [0.29, 0.717) is 24.0 Å². The SMILES string of the molecule is C=C(C)[C@]12C[C@@H](C)[C@@]34OC(Cc5ccccc5)(O[C@@H]1C3C=C(CO)C[C@]1(O)C(=O)C(C)=CC41)O2. The Kier molecular flexibility index (Phi) is 4.60. The Labute approximate surface area is 199 Å². The van der Waals surface area contributed by atoms with Crippen LogP contribution in [0.15, 0.2) is 65.8 Å². The van der Waals surface area contributed by atoms with Crippen LogP contribution in [-0.2, 0) is 25.4 Å². The minimum absolute atomic E-state index is 0.0761. The molecular formula is C28H32O6. The Morgan fingerprint density at radius 2 is 1.94 bits per heavy atom. The van der Waals surface area contributed by atoms with Gasteiger partial charge in [0.05, 0.1) is 18.6 Å². The summed E-state index contributed by atoms with van der Waals surface area (Å²) in [4.78, 5) is 13.3. The van der Waals surface area contributed by atoms with E-state index in [1.807, 2.05) is 49.4 Å². The highest BCUT2D eigenvalue weighted by Gasteiger charge is 2.79. The molecule has 3 aliphatic carbocycles. The van der Waals surface area contributed by atoms with Crippen LogP contribution in [0.25, 0.3) is 0 Å². The van der Waals surface area contributed by atoms with Gasteiger partial charge in [0.1, 0.15) is 17.3 Å². The van der Waals surface area contributed by atoms with Gasteiger partial charge in [-0.2, -0.15) is 0 Å². The van der Waals surface area contributed by atoms with Crippen LogP contribution >= 0.6 is 0 Å². The minimum atomic E-state index is -1.67. The zero-order valence-corrected chi connectivity index (χ0v) is 19.9. The standard InChI is InChI=1S/C28H32O6/c1-16(2)26-12-18(4)28-21(11-20(15-29)13-25(31)22(28)10-17(3)23(25)30)24(26)32-27(33-26,34-28)14-19-8-6-5-7-9-19/h5-11,18,21-22,24,29,31H,1,12-15H2,2-4H3/t18-,21?,22?,24-,25-,26-,27?,28-/m1/s1. The third-order valence-corrected chi connectivity index (χ3v) is 8.93. The highest BCUT2D eigenvalue weighted by molar-refractivity contribution is 6.04. The first-order valence-electron chi connectivity index (χ1n) is 12.1. The fourth-order valence-electron chi connectivity index (χ4n) is 7.50. The number of hydrogen-bond acceptors (Lipinski definition) is 6. The van der Waals surface area contributed by atoms with Gasteiger partial charge in [0.15, 0.2) is 5.78 Å². The molecule has 2 aliphatic heterocycles. The van der Waals surface area contributed by atoms with Crippen molar-refractivity contribution in [1.82, 2.24) is 0 Å². The molecule has 1 aromatic rings. The lowest BCUT2D eigenvalue weighted by Gasteiger charge is -2.59. The molecule has 34 heavy (non-hydrogen) atoms. The summed E-state index contributed by atoms with van der Waals surface area (Å²) in [6.07, 6.45) is 4.51. The van der Waals surface area contributed by atoms with Crippen LogP contribution in [0.3, 0.4) is 0 Å². The largest absolute Gasteiger partial charge is 0.392 e. The van der Waals surface area contributed by atoms with Crippen molar-refractivity contribution in [2.75, 3.05) is 6.61 Å². The van der Waals surface area contributed by atoms with E-state index < -0.39 is 34.8 Å². The van der Waals surface area contributed by atoms with Gasteiger partial charge in [-0.25, -0.2) is 0 Å². The van der Waals surface area contributed by atoms with E-state index in [1.54, 1.807) is 6.92 Å². The second-order valence-electron chi connectivity index (χ2n) is 11.0.